The molecule has 1 fully saturated rings. The molecule has 0 amide bonds. The molecule has 102 valence electrons. The number of aliphatic hydroxyl groups is 1. The van der Waals surface area contributed by atoms with E-state index in [-0.39, 0.29) is 0 Å². The molecule has 1 aliphatic rings. The van der Waals surface area contributed by atoms with Crippen LogP contribution in [0.15, 0.2) is 0 Å². The van der Waals surface area contributed by atoms with E-state index in [4.69, 9.17) is 5.11 Å². The molecule has 0 saturated carbocycles. The summed E-state index contributed by atoms with van der Waals surface area (Å²) in [5.74, 6) is 0. The van der Waals surface area contributed by atoms with E-state index in [1.165, 1.54) is 38.9 Å². The summed E-state index contributed by atoms with van der Waals surface area (Å²) < 4.78 is 0. The molecule has 1 heterocycles. The molecule has 3 nitrogen and oxygen atoms in total. The van der Waals surface area contributed by atoms with Crippen molar-refractivity contribution in [2.45, 2.75) is 40.0 Å². The summed E-state index contributed by atoms with van der Waals surface area (Å²) in [5, 5.41) is 8.88. The van der Waals surface area contributed by atoms with E-state index >= 15 is 0 Å². The van der Waals surface area contributed by atoms with E-state index in [1.807, 2.05) is 0 Å². The molecule has 0 aromatic carbocycles. The molecule has 0 aromatic heterocycles. The Morgan fingerprint density at radius 2 is 1.41 bits per heavy atom. The largest absolute Gasteiger partial charge is 0.395 e. The second-order valence-corrected chi connectivity index (χ2v) is 6.42. The van der Waals surface area contributed by atoms with Crippen LogP contribution in [0.2, 0.25) is 0 Å². The summed E-state index contributed by atoms with van der Waals surface area (Å²) in [5.41, 5.74) is 0.486. The number of β-amino-alcohol motifs (C(OH)–C–C–N with tert-alkyl or cyclic N) is 1. The maximum absolute atomic E-state index is 8.88. The van der Waals surface area contributed by atoms with Crippen LogP contribution in [0.25, 0.3) is 0 Å². The van der Waals surface area contributed by atoms with Gasteiger partial charge in [0, 0.05) is 32.7 Å². The van der Waals surface area contributed by atoms with Gasteiger partial charge >= 0.3 is 0 Å². The first-order valence-electron chi connectivity index (χ1n) is 7.07. The van der Waals surface area contributed by atoms with Gasteiger partial charge in [-0.25, -0.2) is 0 Å². The molecule has 0 aromatic rings. The van der Waals surface area contributed by atoms with Crippen LogP contribution in [0.4, 0.5) is 0 Å². The Morgan fingerprint density at radius 3 is 1.88 bits per heavy atom. The van der Waals surface area contributed by atoms with E-state index in [0.29, 0.717) is 12.0 Å². The minimum Gasteiger partial charge on any atom is -0.395 e. The lowest BCUT2D eigenvalue weighted by atomic mass is 9.90. The van der Waals surface area contributed by atoms with Crippen molar-refractivity contribution in [1.29, 1.82) is 0 Å². The summed E-state index contributed by atoms with van der Waals surface area (Å²) >= 11 is 0. The summed E-state index contributed by atoms with van der Waals surface area (Å²) in [6.07, 6.45) is 4.01. The van der Waals surface area contributed by atoms with Crippen LogP contribution in [0.5, 0.6) is 0 Å². The molecule has 0 radical (unpaired) electrons. The third kappa shape index (κ3) is 7.02. The van der Waals surface area contributed by atoms with Gasteiger partial charge in [0.25, 0.3) is 0 Å². The predicted octanol–water partition coefficient (Wildman–Crippen LogP) is 1.81. The second kappa shape index (κ2) is 7.34. The standard InChI is InChI=1S/C14H30N2O/c1-14(2,3)6-4-5-7-15-8-10-16(11-9-15)12-13-17/h17H,4-13H2,1-3H3. The number of hydrogen-bond acceptors (Lipinski definition) is 3. The van der Waals surface area contributed by atoms with Crippen molar-refractivity contribution >= 4 is 0 Å². The van der Waals surface area contributed by atoms with Gasteiger partial charge in [-0.2, -0.15) is 0 Å². The Morgan fingerprint density at radius 1 is 0.882 bits per heavy atom. The van der Waals surface area contributed by atoms with E-state index in [1.54, 1.807) is 0 Å². The summed E-state index contributed by atoms with van der Waals surface area (Å²) in [6, 6.07) is 0. The van der Waals surface area contributed by atoms with Gasteiger partial charge in [0.15, 0.2) is 0 Å². The Hall–Kier alpha value is -0.120. The monoisotopic (exact) mass is 242 g/mol. The molecular weight excluding hydrogens is 212 g/mol. The Balaban J connectivity index is 2.02. The van der Waals surface area contributed by atoms with Gasteiger partial charge in [0.2, 0.25) is 0 Å². The van der Waals surface area contributed by atoms with Crippen LogP contribution in [0.1, 0.15) is 40.0 Å². The molecule has 0 atom stereocenters. The molecular formula is C14H30N2O. The number of hydrogen-bond donors (Lipinski definition) is 1. The number of nitrogens with zero attached hydrogens (tertiary/aromatic N) is 2. The molecule has 0 aliphatic carbocycles. The van der Waals surface area contributed by atoms with Crippen LogP contribution in [0, 0.1) is 5.41 Å². The minimum atomic E-state index is 0.297. The third-order valence-corrected chi connectivity index (χ3v) is 3.53. The lowest BCUT2D eigenvalue weighted by Gasteiger charge is -2.34. The van der Waals surface area contributed by atoms with Gasteiger partial charge in [0.1, 0.15) is 0 Å². The maximum atomic E-state index is 8.88. The summed E-state index contributed by atoms with van der Waals surface area (Å²) in [7, 11) is 0. The summed E-state index contributed by atoms with van der Waals surface area (Å²) in [4.78, 5) is 4.92. The molecule has 1 aliphatic heterocycles. The first kappa shape index (κ1) is 14.9. The van der Waals surface area contributed by atoms with Gasteiger partial charge in [0.05, 0.1) is 6.61 Å². The van der Waals surface area contributed by atoms with Crippen LogP contribution in [-0.2, 0) is 0 Å². The molecule has 0 spiro atoms. The second-order valence-electron chi connectivity index (χ2n) is 6.42. The van der Waals surface area contributed by atoms with E-state index in [2.05, 4.69) is 30.6 Å². The van der Waals surface area contributed by atoms with Gasteiger partial charge in [-0.1, -0.05) is 27.2 Å². The zero-order valence-corrected chi connectivity index (χ0v) is 11.9. The first-order valence-corrected chi connectivity index (χ1v) is 7.07. The Kier molecular flexibility index (Phi) is 6.45. The van der Waals surface area contributed by atoms with Crippen molar-refractivity contribution < 1.29 is 5.11 Å². The molecule has 1 saturated heterocycles. The van der Waals surface area contributed by atoms with Crippen LogP contribution >= 0.6 is 0 Å². The third-order valence-electron chi connectivity index (χ3n) is 3.53. The molecule has 17 heavy (non-hydrogen) atoms. The van der Waals surface area contributed by atoms with E-state index < -0.39 is 0 Å². The molecule has 1 N–H and O–H groups in total. The number of aliphatic hydroxyl groups excluding tert-OH is 1. The lowest BCUT2D eigenvalue weighted by Crippen LogP contribution is -2.47. The normalized spacial score (nSPS) is 19.8. The highest BCUT2D eigenvalue weighted by Crippen LogP contribution is 2.21. The van der Waals surface area contributed by atoms with E-state index in [0.717, 1.165) is 19.6 Å². The van der Waals surface area contributed by atoms with E-state index in [9.17, 15) is 0 Å². The zero-order chi connectivity index (χ0) is 12.7. The fourth-order valence-corrected chi connectivity index (χ4v) is 2.37. The SMILES string of the molecule is CC(C)(C)CCCCN1CCN(CCO)CC1. The van der Waals surface area contributed by atoms with Crippen LogP contribution in [0.3, 0.4) is 0 Å². The molecule has 1 rings (SSSR count). The first-order chi connectivity index (χ1) is 8.01. The van der Waals surface area contributed by atoms with Crippen molar-refractivity contribution in [3.63, 3.8) is 0 Å². The van der Waals surface area contributed by atoms with Gasteiger partial charge in [-0.15, -0.1) is 0 Å². The van der Waals surface area contributed by atoms with Gasteiger partial charge in [-0.05, 0) is 24.8 Å². The minimum absolute atomic E-state index is 0.297. The molecule has 0 bridgehead atoms. The number of piperazine rings is 1. The average molecular weight is 242 g/mol. The Labute approximate surface area is 107 Å². The quantitative estimate of drug-likeness (QED) is 0.720. The number of unbranched alkanes of at least 4 members (excludes halogenated alkanes) is 1. The van der Waals surface area contributed by atoms with Crippen molar-refractivity contribution in [3.8, 4) is 0 Å². The van der Waals surface area contributed by atoms with Crippen molar-refractivity contribution in [1.82, 2.24) is 9.80 Å². The van der Waals surface area contributed by atoms with Crippen LogP contribution < -0.4 is 0 Å². The zero-order valence-electron chi connectivity index (χ0n) is 11.9. The Bertz CT molecular complexity index is 193. The predicted molar refractivity (Wildman–Crippen MR) is 73.3 cm³/mol. The topological polar surface area (TPSA) is 26.7 Å². The van der Waals surface area contributed by atoms with Crippen molar-refractivity contribution in [3.05, 3.63) is 0 Å². The number of rotatable bonds is 6. The highest BCUT2D eigenvalue weighted by atomic mass is 16.3. The fourth-order valence-electron chi connectivity index (χ4n) is 2.37. The van der Waals surface area contributed by atoms with Crippen molar-refractivity contribution in [2.24, 2.45) is 5.41 Å². The molecule has 3 heteroatoms. The van der Waals surface area contributed by atoms with Gasteiger partial charge < -0.3 is 10.0 Å². The smallest absolute Gasteiger partial charge is 0.0558 e. The lowest BCUT2D eigenvalue weighted by molar-refractivity contribution is 0.111. The fraction of sp³-hybridized carbons (Fsp3) is 1.00. The highest BCUT2D eigenvalue weighted by Gasteiger charge is 2.16. The highest BCUT2D eigenvalue weighted by molar-refractivity contribution is 4.72. The van der Waals surface area contributed by atoms with Crippen LogP contribution in [-0.4, -0.2) is 60.8 Å². The van der Waals surface area contributed by atoms with Crippen molar-refractivity contribution in [2.75, 3.05) is 45.9 Å². The summed E-state index contributed by atoms with van der Waals surface area (Å²) in [6.45, 7) is 14.0. The average Bonchev–Trinajstić information content (AvgIpc) is 2.26. The van der Waals surface area contributed by atoms with Gasteiger partial charge in [-0.3, -0.25) is 4.90 Å². The molecule has 0 unspecified atom stereocenters. The maximum Gasteiger partial charge on any atom is 0.0558 e.